The van der Waals surface area contributed by atoms with E-state index in [-0.39, 0.29) is 19.0 Å². The lowest BCUT2D eigenvalue weighted by atomic mass is 10.1. The van der Waals surface area contributed by atoms with Crippen LogP contribution in [0.4, 0.5) is 13.2 Å². The average Bonchev–Trinajstić information content (AvgIpc) is 1.94. The molecule has 14 heavy (non-hydrogen) atoms. The summed E-state index contributed by atoms with van der Waals surface area (Å²) in [5, 5.41) is 8.22. The molecule has 0 aromatic carbocycles. The second-order valence-electron chi connectivity index (χ2n) is 3.06. The quantitative estimate of drug-likeness (QED) is 0.716. The number of halogens is 3. The molecule has 0 saturated carbocycles. The lowest BCUT2D eigenvalue weighted by Gasteiger charge is -2.14. The Bertz CT molecular complexity index is 233. The first kappa shape index (κ1) is 13.0. The zero-order valence-electron chi connectivity index (χ0n) is 7.93. The predicted octanol–water partition coefficient (Wildman–Crippen LogP) is 1.51. The van der Waals surface area contributed by atoms with Crippen LogP contribution in [0.3, 0.4) is 0 Å². The van der Waals surface area contributed by atoms with Crippen LogP contribution in [0.5, 0.6) is 0 Å². The Labute approximate surface area is 79.8 Å². The topological polar surface area (TPSA) is 40.5 Å². The van der Waals surface area contributed by atoms with Gasteiger partial charge in [-0.05, 0) is 20.5 Å². The van der Waals surface area contributed by atoms with E-state index in [1.54, 1.807) is 19.0 Å². The number of hydrogen-bond donors (Lipinski definition) is 1. The number of hydrogen-bond acceptors (Lipinski definition) is 2. The first-order chi connectivity index (χ1) is 6.23. The van der Waals surface area contributed by atoms with Crippen molar-refractivity contribution in [1.29, 1.82) is 0 Å². The molecule has 1 N–H and O–H groups in total. The molecule has 0 atom stereocenters. The molecule has 0 unspecified atom stereocenters. The van der Waals surface area contributed by atoms with Crippen molar-refractivity contribution >= 4 is 5.97 Å². The van der Waals surface area contributed by atoms with Crippen molar-refractivity contribution in [1.82, 2.24) is 4.90 Å². The summed E-state index contributed by atoms with van der Waals surface area (Å²) in [6, 6.07) is 0. The molecule has 0 radical (unpaired) electrons. The van der Waals surface area contributed by atoms with Crippen LogP contribution >= 0.6 is 0 Å². The minimum Gasteiger partial charge on any atom is -0.478 e. The second-order valence-corrected chi connectivity index (χ2v) is 3.06. The Morgan fingerprint density at radius 1 is 1.43 bits per heavy atom. The van der Waals surface area contributed by atoms with Crippen LogP contribution in [0.25, 0.3) is 0 Å². The van der Waals surface area contributed by atoms with Gasteiger partial charge >= 0.3 is 12.1 Å². The Morgan fingerprint density at radius 2 is 1.93 bits per heavy atom. The van der Waals surface area contributed by atoms with E-state index in [9.17, 15) is 18.0 Å². The molecular weight excluding hydrogens is 199 g/mol. The van der Waals surface area contributed by atoms with E-state index in [0.29, 0.717) is 0 Å². The van der Waals surface area contributed by atoms with Gasteiger partial charge < -0.3 is 10.0 Å². The summed E-state index contributed by atoms with van der Waals surface area (Å²) < 4.78 is 36.5. The number of rotatable bonds is 4. The lowest BCUT2D eigenvalue weighted by molar-refractivity contribution is -0.132. The fraction of sp³-hybridized carbons (Fsp3) is 0.625. The van der Waals surface area contributed by atoms with E-state index in [1.807, 2.05) is 0 Å². The van der Waals surface area contributed by atoms with Gasteiger partial charge in [0.2, 0.25) is 0 Å². The van der Waals surface area contributed by atoms with E-state index in [2.05, 4.69) is 0 Å². The highest BCUT2D eigenvalue weighted by Crippen LogP contribution is 2.27. The van der Waals surface area contributed by atoms with E-state index < -0.39 is 17.7 Å². The van der Waals surface area contributed by atoms with Crippen LogP contribution in [0, 0.1) is 0 Å². The van der Waals surface area contributed by atoms with Crippen LogP contribution in [-0.4, -0.2) is 42.8 Å². The number of aliphatic carboxylic acids is 1. The molecule has 0 aliphatic carbocycles. The summed E-state index contributed by atoms with van der Waals surface area (Å²) in [5.74, 6) is -1.57. The molecular formula is C8H12F3NO2. The van der Waals surface area contributed by atoms with E-state index >= 15 is 0 Å². The molecule has 6 heteroatoms. The minimum atomic E-state index is -4.56. The first-order valence-electron chi connectivity index (χ1n) is 3.89. The van der Waals surface area contributed by atoms with Crippen LogP contribution < -0.4 is 0 Å². The largest absolute Gasteiger partial charge is 0.478 e. The lowest BCUT2D eigenvalue weighted by Crippen LogP contribution is -2.20. The van der Waals surface area contributed by atoms with Gasteiger partial charge in [0.25, 0.3) is 0 Å². The molecule has 0 aromatic heterocycles. The van der Waals surface area contributed by atoms with Crippen molar-refractivity contribution in [2.75, 3.05) is 20.6 Å². The maximum Gasteiger partial charge on any atom is 0.412 e. The summed E-state index contributed by atoms with van der Waals surface area (Å²) in [6.07, 6.45) is -4.67. The molecule has 0 saturated heterocycles. The standard InChI is InChI=1S/C8H12F3NO2/c1-12(2)4-3-6(5-7(13)14)8(9,10)11/h5H,3-4H2,1-2H3,(H,13,14)/b6-5+. The van der Waals surface area contributed by atoms with Gasteiger partial charge in [-0.3, -0.25) is 0 Å². The molecule has 0 fully saturated rings. The van der Waals surface area contributed by atoms with Gasteiger partial charge in [0.1, 0.15) is 0 Å². The van der Waals surface area contributed by atoms with Crippen molar-refractivity contribution in [3.05, 3.63) is 11.6 Å². The van der Waals surface area contributed by atoms with E-state index in [1.165, 1.54) is 0 Å². The molecule has 0 aliphatic rings. The Balaban J connectivity index is 4.51. The Kier molecular flexibility index (Phi) is 4.62. The first-order valence-corrected chi connectivity index (χ1v) is 3.89. The summed E-state index contributed by atoms with van der Waals surface area (Å²) in [7, 11) is 3.24. The van der Waals surface area contributed by atoms with E-state index in [4.69, 9.17) is 5.11 Å². The highest BCUT2D eigenvalue weighted by molar-refractivity contribution is 5.80. The number of alkyl halides is 3. The molecule has 3 nitrogen and oxygen atoms in total. The Hall–Kier alpha value is -1.04. The third-order valence-electron chi connectivity index (χ3n) is 1.49. The number of nitrogens with zero attached hydrogens (tertiary/aromatic N) is 1. The zero-order valence-corrected chi connectivity index (χ0v) is 7.93. The molecule has 82 valence electrons. The molecule has 0 amide bonds. The van der Waals surface area contributed by atoms with E-state index in [0.717, 1.165) is 0 Å². The van der Waals surface area contributed by atoms with Gasteiger partial charge in [-0.1, -0.05) is 0 Å². The molecule has 0 spiro atoms. The predicted molar refractivity (Wildman–Crippen MR) is 44.9 cm³/mol. The van der Waals surface area contributed by atoms with Gasteiger partial charge in [-0.2, -0.15) is 13.2 Å². The molecule has 0 bridgehead atoms. The third-order valence-corrected chi connectivity index (χ3v) is 1.49. The van der Waals surface area contributed by atoms with Gasteiger partial charge in [0.05, 0.1) is 0 Å². The summed E-state index contributed by atoms with van der Waals surface area (Å²) in [5.41, 5.74) is -1.02. The van der Waals surface area contributed by atoms with Crippen molar-refractivity contribution in [2.45, 2.75) is 12.6 Å². The molecule has 0 aromatic rings. The Morgan fingerprint density at radius 3 is 2.21 bits per heavy atom. The third kappa shape index (κ3) is 5.58. The maximum absolute atomic E-state index is 12.2. The normalized spacial score (nSPS) is 13.4. The van der Waals surface area contributed by atoms with Gasteiger partial charge in [-0.15, -0.1) is 0 Å². The SMILES string of the molecule is CN(C)CC/C(=C\C(=O)O)C(F)(F)F. The maximum atomic E-state index is 12.2. The summed E-state index contributed by atoms with van der Waals surface area (Å²) in [4.78, 5) is 11.7. The number of carbonyl (C=O) groups is 1. The van der Waals surface area contributed by atoms with Gasteiger partial charge in [0, 0.05) is 18.2 Å². The zero-order chi connectivity index (χ0) is 11.4. The molecule has 0 rings (SSSR count). The van der Waals surface area contributed by atoms with Crippen LogP contribution in [0.2, 0.25) is 0 Å². The van der Waals surface area contributed by atoms with Gasteiger partial charge in [0.15, 0.2) is 0 Å². The van der Waals surface area contributed by atoms with Gasteiger partial charge in [-0.25, -0.2) is 4.79 Å². The molecule has 0 heterocycles. The van der Waals surface area contributed by atoms with Crippen molar-refractivity contribution in [3.63, 3.8) is 0 Å². The smallest absolute Gasteiger partial charge is 0.412 e. The van der Waals surface area contributed by atoms with Crippen LogP contribution in [0.15, 0.2) is 11.6 Å². The monoisotopic (exact) mass is 211 g/mol. The highest BCUT2D eigenvalue weighted by atomic mass is 19.4. The summed E-state index contributed by atoms with van der Waals surface area (Å²) in [6.45, 7) is 0.165. The van der Waals surface area contributed by atoms with Crippen molar-refractivity contribution < 1.29 is 23.1 Å². The van der Waals surface area contributed by atoms with Crippen LogP contribution in [-0.2, 0) is 4.79 Å². The fourth-order valence-corrected chi connectivity index (χ4v) is 0.789. The highest BCUT2D eigenvalue weighted by Gasteiger charge is 2.33. The average molecular weight is 211 g/mol. The number of carboxylic acid groups (broad SMARTS) is 1. The fourth-order valence-electron chi connectivity index (χ4n) is 0.789. The van der Waals surface area contributed by atoms with Crippen molar-refractivity contribution in [3.8, 4) is 0 Å². The molecule has 0 aliphatic heterocycles. The van der Waals surface area contributed by atoms with Crippen LogP contribution in [0.1, 0.15) is 6.42 Å². The van der Waals surface area contributed by atoms with Crippen molar-refractivity contribution in [2.24, 2.45) is 0 Å². The number of carboxylic acids is 1. The summed E-state index contributed by atoms with van der Waals surface area (Å²) >= 11 is 0. The second kappa shape index (κ2) is 4.99. The minimum absolute atomic E-state index is 0.165.